The number of hydrogen-bond acceptors (Lipinski definition) is 3. The summed E-state index contributed by atoms with van der Waals surface area (Å²) in [6, 6.07) is 26.7. The molecule has 0 spiro atoms. The number of nitrogens with zero attached hydrogens (tertiary/aromatic N) is 2. The summed E-state index contributed by atoms with van der Waals surface area (Å²) in [4.78, 5) is 9.59. The van der Waals surface area contributed by atoms with E-state index in [1.807, 2.05) is 48.5 Å². The molecule has 4 heteroatoms. The summed E-state index contributed by atoms with van der Waals surface area (Å²) in [5.74, 6) is 1.56. The van der Waals surface area contributed by atoms with Crippen molar-refractivity contribution in [3.63, 3.8) is 0 Å². The summed E-state index contributed by atoms with van der Waals surface area (Å²) in [6.07, 6.45) is 0. The van der Waals surface area contributed by atoms with Crippen LogP contribution in [0.2, 0.25) is 0 Å². The first-order chi connectivity index (χ1) is 12.7. The van der Waals surface area contributed by atoms with Crippen LogP contribution in [0, 0.1) is 0 Å². The average molecular weight is 404 g/mol. The molecule has 1 aromatic heterocycles. The first-order valence-electron chi connectivity index (χ1n) is 8.55. The van der Waals surface area contributed by atoms with Gasteiger partial charge in [-0.05, 0) is 36.8 Å². The van der Waals surface area contributed by atoms with Gasteiger partial charge in [0.1, 0.15) is 5.82 Å². The lowest BCUT2D eigenvalue weighted by Crippen LogP contribution is -2.09. The first-order valence-corrected chi connectivity index (χ1v) is 9.34. The van der Waals surface area contributed by atoms with Gasteiger partial charge in [0.05, 0.1) is 5.52 Å². The van der Waals surface area contributed by atoms with Gasteiger partial charge < -0.3 is 5.32 Å². The fourth-order valence-corrected chi connectivity index (χ4v) is 3.37. The Bertz CT molecular complexity index is 1050. The third-order valence-electron chi connectivity index (χ3n) is 4.34. The molecule has 0 unspecified atom stereocenters. The highest BCUT2D eigenvalue weighted by molar-refractivity contribution is 9.10. The normalized spacial score (nSPS) is 12.1. The van der Waals surface area contributed by atoms with Crippen molar-refractivity contribution in [3.05, 3.63) is 88.9 Å². The molecular weight excluding hydrogens is 386 g/mol. The molecule has 4 rings (SSSR count). The predicted octanol–water partition coefficient (Wildman–Crippen LogP) is 6.23. The Morgan fingerprint density at radius 1 is 0.846 bits per heavy atom. The number of rotatable bonds is 4. The van der Waals surface area contributed by atoms with Crippen LogP contribution in [0.3, 0.4) is 0 Å². The molecule has 1 atom stereocenters. The molecule has 0 fully saturated rings. The molecule has 3 nitrogen and oxygen atoms in total. The van der Waals surface area contributed by atoms with Crippen molar-refractivity contribution in [3.8, 4) is 11.4 Å². The van der Waals surface area contributed by atoms with Gasteiger partial charge in [0.2, 0.25) is 0 Å². The maximum Gasteiger partial charge on any atom is 0.162 e. The van der Waals surface area contributed by atoms with Crippen LogP contribution in [0.25, 0.3) is 22.3 Å². The highest BCUT2D eigenvalue weighted by Gasteiger charge is 2.12. The number of nitrogens with one attached hydrogen (secondary N) is 1. The molecule has 0 aliphatic rings. The van der Waals surface area contributed by atoms with Crippen molar-refractivity contribution >= 4 is 32.7 Å². The average Bonchev–Trinajstić information content (AvgIpc) is 2.68. The lowest BCUT2D eigenvalue weighted by Gasteiger charge is -2.17. The Hall–Kier alpha value is -2.72. The number of fused-ring (bicyclic) bond motifs is 1. The third kappa shape index (κ3) is 3.46. The van der Waals surface area contributed by atoms with Gasteiger partial charge in [-0.15, -0.1) is 0 Å². The van der Waals surface area contributed by atoms with Crippen LogP contribution in [0.4, 0.5) is 5.82 Å². The van der Waals surface area contributed by atoms with E-state index in [9.17, 15) is 0 Å². The SMILES string of the molecule is C[C@H](Nc1nc(-c2cccc(Br)c2)nc2ccccc12)c1ccccc1. The van der Waals surface area contributed by atoms with E-state index >= 15 is 0 Å². The second kappa shape index (κ2) is 7.26. The highest BCUT2D eigenvalue weighted by Crippen LogP contribution is 2.28. The van der Waals surface area contributed by atoms with Crippen LogP contribution in [-0.4, -0.2) is 9.97 Å². The fourth-order valence-electron chi connectivity index (χ4n) is 2.97. The Morgan fingerprint density at radius 3 is 2.42 bits per heavy atom. The van der Waals surface area contributed by atoms with E-state index < -0.39 is 0 Å². The summed E-state index contributed by atoms with van der Waals surface area (Å²) in [7, 11) is 0. The van der Waals surface area contributed by atoms with E-state index in [0.717, 1.165) is 26.8 Å². The number of para-hydroxylation sites is 1. The number of halogens is 1. The molecule has 0 amide bonds. The van der Waals surface area contributed by atoms with Crippen molar-refractivity contribution in [2.24, 2.45) is 0 Å². The molecule has 0 bridgehead atoms. The zero-order valence-corrected chi connectivity index (χ0v) is 15.9. The fraction of sp³-hybridized carbons (Fsp3) is 0.0909. The van der Waals surface area contributed by atoms with Crippen LogP contribution >= 0.6 is 15.9 Å². The van der Waals surface area contributed by atoms with Gasteiger partial charge in [-0.2, -0.15) is 0 Å². The number of hydrogen-bond donors (Lipinski definition) is 1. The van der Waals surface area contributed by atoms with Crippen LogP contribution in [0.1, 0.15) is 18.5 Å². The largest absolute Gasteiger partial charge is 0.363 e. The van der Waals surface area contributed by atoms with Crippen LogP contribution in [0.5, 0.6) is 0 Å². The molecule has 26 heavy (non-hydrogen) atoms. The van der Waals surface area contributed by atoms with Crippen LogP contribution < -0.4 is 5.32 Å². The molecule has 128 valence electrons. The summed E-state index contributed by atoms with van der Waals surface area (Å²) in [5.41, 5.74) is 3.14. The van der Waals surface area contributed by atoms with Crippen LogP contribution in [0.15, 0.2) is 83.3 Å². The lowest BCUT2D eigenvalue weighted by molar-refractivity contribution is 0.876. The minimum Gasteiger partial charge on any atom is -0.363 e. The molecule has 0 aliphatic carbocycles. The zero-order valence-electron chi connectivity index (χ0n) is 14.4. The molecule has 0 saturated heterocycles. The minimum atomic E-state index is 0.143. The van der Waals surface area contributed by atoms with Gasteiger partial charge in [-0.3, -0.25) is 0 Å². The maximum atomic E-state index is 4.83. The first kappa shape index (κ1) is 16.7. The number of anilines is 1. The molecule has 0 radical (unpaired) electrons. The van der Waals surface area contributed by atoms with E-state index in [-0.39, 0.29) is 6.04 Å². The second-order valence-corrected chi connectivity index (χ2v) is 7.12. The molecule has 4 aromatic rings. The summed E-state index contributed by atoms with van der Waals surface area (Å²) < 4.78 is 1.01. The van der Waals surface area contributed by atoms with E-state index in [0.29, 0.717) is 5.82 Å². The Morgan fingerprint density at radius 2 is 1.62 bits per heavy atom. The Balaban J connectivity index is 1.80. The summed E-state index contributed by atoms with van der Waals surface area (Å²) in [6.45, 7) is 2.14. The maximum absolute atomic E-state index is 4.83. The van der Waals surface area contributed by atoms with Gasteiger partial charge in [-0.1, -0.05) is 70.5 Å². The second-order valence-electron chi connectivity index (χ2n) is 6.20. The minimum absolute atomic E-state index is 0.143. The van der Waals surface area contributed by atoms with Crippen molar-refractivity contribution in [2.45, 2.75) is 13.0 Å². The van der Waals surface area contributed by atoms with Crippen molar-refractivity contribution in [1.82, 2.24) is 9.97 Å². The monoisotopic (exact) mass is 403 g/mol. The molecule has 1 heterocycles. The van der Waals surface area contributed by atoms with Gasteiger partial charge in [0.15, 0.2) is 5.82 Å². The number of aromatic nitrogens is 2. The van der Waals surface area contributed by atoms with E-state index in [2.05, 4.69) is 58.5 Å². The quantitative estimate of drug-likeness (QED) is 0.438. The van der Waals surface area contributed by atoms with Crippen LogP contribution in [-0.2, 0) is 0 Å². The van der Waals surface area contributed by atoms with Crippen molar-refractivity contribution in [2.75, 3.05) is 5.32 Å². The van der Waals surface area contributed by atoms with Gasteiger partial charge in [0.25, 0.3) is 0 Å². The van der Waals surface area contributed by atoms with Crippen molar-refractivity contribution in [1.29, 1.82) is 0 Å². The molecule has 1 N–H and O–H groups in total. The third-order valence-corrected chi connectivity index (χ3v) is 4.83. The summed E-state index contributed by atoms with van der Waals surface area (Å²) in [5, 5.41) is 4.59. The lowest BCUT2D eigenvalue weighted by atomic mass is 10.1. The molecule has 0 aliphatic heterocycles. The van der Waals surface area contributed by atoms with Gasteiger partial charge in [0, 0.05) is 21.5 Å². The molecular formula is C22H18BrN3. The topological polar surface area (TPSA) is 37.8 Å². The van der Waals surface area contributed by atoms with E-state index in [1.54, 1.807) is 0 Å². The van der Waals surface area contributed by atoms with Gasteiger partial charge in [-0.25, -0.2) is 9.97 Å². The van der Waals surface area contributed by atoms with Crippen molar-refractivity contribution < 1.29 is 0 Å². The smallest absolute Gasteiger partial charge is 0.162 e. The molecule has 3 aromatic carbocycles. The summed E-state index contributed by atoms with van der Waals surface area (Å²) >= 11 is 3.53. The van der Waals surface area contributed by atoms with E-state index in [4.69, 9.17) is 9.97 Å². The van der Waals surface area contributed by atoms with Gasteiger partial charge >= 0.3 is 0 Å². The molecule has 0 saturated carbocycles. The Labute approximate surface area is 161 Å². The zero-order chi connectivity index (χ0) is 17.9. The predicted molar refractivity (Wildman–Crippen MR) is 111 cm³/mol. The highest BCUT2D eigenvalue weighted by atomic mass is 79.9. The Kier molecular flexibility index (Phi) is 4.67. The number of benzene rings is 3. The standard InChI is InChI=1S/C22H18BrN3/c1-15(16-8-3-2-4-9-16)24-22-19-12-5-6-13-20(19)25-21(26-22)17-10-7-11-18(23)14-17/h2-15H,1H3,(H,24,25,26)/t15-/m0/s1. The van der Waals surface area contributed by atoms with E-state index in [1.165, 1.54) is 5.56 Å².